The maximum atomic E-state index is 15.2. The highest BCUT2D eigenvalue weighted by Gasteiger charge is 2.36. The number of alkyl halides is 3. The van der Waals surface area contributed by atoms with Crippen LogP contribution in [0.5, 0.6) is 0 Å². The highest BCUT2D eigenvalue weighted by molar-refractivity contribution is 6.07. The van der Waals surface area contributed by atoms with E-state index in [2.05, 4.69) is 15.2 Å². The number of likely N-dealkylation sites (N-methyl/N-ethyl adjacent to an activating group) is 2. The number of piperazine rings is 1. The molecule has 8 nitrogen and oxygen atoms in total. The fraction of sp³-hybridized carbons (Fsp3) is 0.419. The van der Waals surface area contributed by atoms with Gasteiger partial charge in [-0.25, -0.2) is 8.78 Å². The van der Waals surface area contributed by atoms with E-state index in [9.17, 15) is 27.2 Å². The van der Waals surface area contributed by atoms with Crippen LogP contribution in [0.1, 0.15) is 35.3 Å². The normalized spacial score (nSPS) is 19.7. The summed E-state index contributed by atoms with van der Waals surface area (Å²) in [5.74, 6) is -2.64. The van der Waals surface area contributed by atoms with Gasteiger partial charge in [-0.2, -0.15) is 13.2 Å². The van der Waals surface area contributed by atoms with E-state index in [4.69, 9.17) is 4.74 Å². The molecule has 0 saturated carbocycles. The Kier molecular flexibility index (Phi) is 8.83. The van der Waals surface area contributed by atoms with Crippen molar-refractivity contribution in [3.05, 3.63) is 81.3 Å². The van der Waals surface area contributed by atoms with Gasteiger partial charge in [-0.05, 0) is 51.7 Å². The molecular weight excluding hydrogens is 585 g/mol. The number of H-pyrrole nitrogens is 1. The third-order valence-corrected chi connectivity index (χ3v) is 8.53. The summed E-state index contributed by atoms with van der Waals surface area (Å²) in [5.41, 5.74) is -1.86. The molecule has 2 N–H and O–H groups in total. The second kappa shape index (κ2) is 12.3. The lowest BCUT2D eigenvalue weighted by Crippen LogP contribution is -2.55. The average Bonchev–Trinajstić information content (AvgIpc) is 2.91. The number of aromatic amines is 1. The Balaban J connectivity index is 1.56. The summed E-state index contributed by atoms with van der Waals surface area (Å²) < 4.78 is 76.5. The summed E-state index contributed by atoms with van der Waals surface area (Å²) in [6.45, 7) is 6.43. The molecule has 5 rings (SSSR count). The molecule has 2 saturated heterocycles. The molecule has 2 aromatic carbocycles. The van der Waals surface area contributed by atoms with Crippen LogP contribution in [-0.2, 0) is 17.5 Å². The van der Waals surface area contributed by atoms with Gasteiger partial charge >= 0.3 is 6.18 Å². The molecule has 2 atom stereocenters. The van der Waals surface area contributed by atoms with Crippen molar-refractivity contribution in [1.82, 2.24) is 14.8 Å². The first-order valence-electron chi connectivity index (χ1n) is 14.2. The molecule has 236 valence electrons. The van der Waals surface area contributed by atoms with Crippen LogP contribution >= 0.6 is 0 Å². The summed E-state index contributed by atoms with van der Waals surface area (Å²) in [6.07, 6.45) is -4.24. The van der Waals surface area contributed by atoms with E-state index in [-0.39, 0.29) is 41.5 Å². The van der Waals surface area contributed by atoms with E-state index in [1.807, 2.05) is 37.7 Å². The maximum Gasteiger partial charge on any atom is 0.417 e. The smallest absolute Gasteiger partial charge is 0.378 e. The van der Waals surface area contributed by atoms with Crippen molar-refractivity contribution in [2.45, 2.75) is 44.7 Å². The average molecular weight is 620 g/mol. The molecular formula is C31H34F5N5O3. The summed E-state index contributed by atoms with van der Waals surface area (Å²) in [6, 6.07) is 7.69. The number of hydrogen-bond donors (Lipinski definition) is 2. The monoisotopic (exact) mass is 619 g/mol. The minimum atomic E-state index is -4.96. The number of pyridine rings is 1. The van der Waals surface area contributed by atoms with Crippen molar-refractivity contribution in [3.8, 4) is 11.1 Å². The largest absolute Gasteiger partial charge is 0.417 e. The van der Waals surface area contributed by atoms with Crippen LogP contribution in [0, 0.1) is 11.6 Å². The standard InChI is InChI=1S/C31H34F5N5O3/c1-17-12-41(13-18(2)40(17)4)28-6-5-19(22-7-20(25(32)10-26(22)33)14-39(3)21-15-44-16-21)8-27(28)38-30(43)23-11-37-29(42)9-24(23)31(34,35)36/h5-11,17-18,21H,12-16H2,1-4H3,(H,37,42)(H,38,43)/t17-,18+. The van der Waals surface area contributed by atoms with E-state index in [0.29, 0.717) is 43.6 Å². The molecule has 13 heteroatoms. The highest BCUT2D eigenvalue weighted by Crippen LogP contribution is 2.37. The van der Waals surface area contributed by atoms with Crippen LogP contribution in [0.4, 0.5) is 33.3 Å². The summed E-state index contributed by atoms with van der Waals surface area (Å²) >= 11 is 0. The molecule has 2 fully saturated rings. The first kappa shape index (κ1) is 31.6. The van der Waals surface area contributed by atoms with Gasteiger partial charge < -0.3 is 19.9 Å². The van der Waals surface area contributed by atoms with Gasteiger partial charge in [-0.1, -0.05) is 6.07 Å². The quantitative estimate of drug-likeness (QED) is 0.365. The van der Waals surface area contributed by atoms with Crippen LogP contribution in [0.15, 0.2) is 47.4 Å². The molecule has 44 heavy (non-hydrogen) atoms. The van der Waals surface area contributed by atoms with Gasteiger partial charge in [0.05, 0.1) is 41.8 Å². The van der Waals surface area contributed by atoms with E-state index in [1.54, 1.807) is 12.1 Å². The molecule has 1 aromatic heterocycles. The number of nitrogens with zero attached hydrogens (tertiary/aromatic N) is 3. The minimum Gasteiger partial charge on any atom is -0.378 e. The lowest BCUT2D eigenvalue weighted by Gasteiger charge is -2.44. The number of anilines is 2. The van der Waals surface area contributed by atoms with Crippen molar-refractivity contribution < 1.29 is 31.5 Å². The molecule has 3 aromatic rings. The van der Waals surface area contributed by atoms with Gasteiger partial charge in [0.15, 0.2) is 0 Å². The zero-order chi connectivity index (χ0) is 31.9. The number of halogens is 5. The second-order valence-electron chi connectivity index (χ2n) is 11.6. The number of amides is 1. The molecule has 0 aliphatic carbocycles. The van der Waals surface area contributed by atoms with E-state index < -0.39 is 40.4 Å². The minimum absolute atomic E-state index is 0.0712. The Hall–Kier alpha value is -3.81. The van der Waals surface area contributed by atoms with Gasteiger partial charge in [0.2, 0.25) is 5.56 Å². The van der Waals surface area contributed by atoms with E-state index >= 15 is 4.39 Å². The van der Waals surface area contributed by atoms with Crippen LogP contribution < -0.4 is 15.8 Å². The van der Waals surface area contributed by atoms with Gasteiger partial charge in [-0.15, -0.1) is 0 Å². The first-order chi connectivity index (χ1) is 20.7. The molecule has 0 unspecified atom stereocenters. The molecule has 3 heterocycles. The van der Waals surface area contributed by atoms with Gasteiger partial charge in [0, 0.05) is 61.2 Å². The number of aromatic nitrogens is 1. The number of carbonyl (C=O) groups is 1. The lowest BCUT2D eigenvalue weighted by atomic mass is 9.99. The fourth-order valence-electron chi connectivity index (χ4n) is 5.58. The van der Waals surface area contributed by atoms with Crippen LogP contribution in [0.3, 0.4) is 0 Å². The number of benzene rings is 2. The highest BCUT2D eigenvalue weighted by atomic mass is 19.4. The lowest BCUT2D eigenvalue weighted by molar-refractivity contribution is -0.138. The molecule has 0 spiro atoms. The Morgan fingerprint density at radius 3 is 2.36 bits per heavy atom. The first-order valence-corrected chi connectivity index (χ1v) is 14.2. The van der Waals surface area contributed by atoms with Crippen molar-refractivity contribution in [1.29, 1.82) is 0 Å². The zero-order valence-electron chi connectivity index (χ0n) is 24.8. The van der Waals surface area contributed by atoms with Crippen LogP contribution in [-0.4, -0.2) is 79.2 Å². The third kappa shape index (κ3) is 6.49. The topological polar surface area (TPSA) is 80.9 Å². The van der Waals surface area contributed by atoms with Crippen LogP contribution in [0.25, 0.3) is 11.1 Å². The Morgan fingerprint density at radius 1 is 1.07 bits per heavy atom. The summed E-state index contributed by atoms with van der Waals surface area (Å²) in [4.78, 5) is 33.3. The summed E-state index contributed by atoms with van der Waals surface area (Å²) in [5, 5.41) is 2.58. The SMILES string of the molecule is C[C@@H]1CN(c2ccc(-c3cc(CN(C)C4COC4)c(F)cc3F)cc2NC(=O)c2c[nH]c(=O)cc2C(F)(F)F)C[C@H](C)N1C. The fourth-order valence-corrected chi connectivity index (χ4v) is 5.58. The van der Waals surface area contributed by atoms with Crippen molar-refractivity contribution in [2.24, 2.45) is 0 Å². The molecule has 2 aliphatic heterocycles. The number of nitrogens with one attached hydrogen (secondary N) is 2. The van der Waals surface area contributed by atoms with Gasteiger partial charge in [0.1, 0.15) is 11.6 Å². The van der Waals surface area contributed by atoms with E-state index in [1.165, 1.54) is 12.1 Å². The number of hydrogen-bond acceptors (Lipinski definition) is 6. The van der Waals surface area contributed by atoms with Gasteiger partial charge in [0.25, 0.3) is 5.91 Å². The molecule has 0 radical (unpaired) electrons. The Bertz CT molecular complexity index is 1590. The molecule has 2 aliphatic rings. The van der Waals surface area contributed by atoms with Crippen LogP contribution in [0.2, 0.25) is 0 Å². The third-order valence-electron chi connectivity index (χ3n) is 8.53. The molecule has 0 bridgehead atoms. The van der Waals surface area contributed by atoms with E-state index in [0.717, 1.165) is 12.3 Å². The number of carbonyl (C=O) groups excluding carboxylic acids is 1. The number of ether oxygens (including phenoxy) is 1. The Morgan fingerprint density at radius 2 is 1.75 bits per heavy atom. The zero-order valence-corrected chi connectivity index (χ0v) is 24.8. The maximum absolute atomic E-state index is 15.2. The Labute approximate surface area is 251 Å². The van der Waals surface area contributed by atoms with Gasteiger partial charge in [-0.3, -0.25) is 19.4 Å². The van der Waals surface area contributed by atoms with Crippen molar-refractivity contribution >= 4 is 17.3 Å². The number of rotatable bonds is 7. The van der Waals surface area contributed by atoms with Crippen molar-refractivity contribution in [3.63, 3.8) is 0 Å². The summed E-state index contributed by atoms with van der Waals surface area (Å²) in [7, 11) is 3.82. The molecule has 1 amide bonds. The van der Waals surface area contributed by atoms with Crippen molar-refractivity contribution in [2.75, 3.05) is 50.6 Å². The predicted octanol–water partition coefficient (Wildman–Crippen LogP) is 4.95. The predicted molar refractivity (Wildman–Crippen MR) is 157 cm³/mol. The second-order valence-corrected chi connectivity index (χ2v) is 11.6.